The minimum absolute atomic E-state index is 0.518. The number of rotatable bonds is 2. The van der Waals surface area contributed by atoms with Crippen LogP contribution in [0.5, 0.6) is 0 Å². The molecule has 0 N–H and O–H groups in total. The van der Waals surface area contributed by atoms with Crippen molar-refractivity contribution in [2.24, 2.45) is 0 Å². The van der Waals surface area contributed by atoms with Gasteiger partial charge in [-0.05, 0) is 32.0 Å². The van der Waals surface area contributed by atoms with E-state index < -0.39 is 0 Å². The van der Waals surface area contributed by atoms with E-state index in [0.29, 0.717) is 5.54 Å². The number of benzene rings is 1. The molecule has 0 amide bonds. The van der Waals surface area contributed by atoms with Gasteiger partial charge in [-0.1, -0.05) is 30.3 Å². The minimum Gasteiger partial charge on any atom is -0.304 e. The third-order valence-electron chi connectivity index (χ3n) is 4.26. The molecule has 2 saturated heterocycles. The standard InChI is InChI=1S/C14H20N2/c1-15-9-7-14(12-15)8-10-16(14)11-13-5-3-2-4-6-13/h2-6H,7-12H2,1H3. The average Bonchev–Trinajstić information content (AvgIpc) is 2.71. The Labute approximate surface area is 97.9 Å². The number of hydrogen-bond acceptors (Lipinski definition) is 2. The number of hydrogen-bond donors (Lipinski definition) is 0. The van der Waals surface area contributed by atoms with Crippen molar-refractivity contribution in [1.82, 2.24) is 9.80 Å². The third kappa shape index (κ3) is 1.66. The van der Waals surface area contributed by atoms with Crippen LogP contribution in [0.1, 0.15) is 18.4 Å². The molecule has 86 valence electrons. The van der Waals surface area contributed by atoms with Gasteiger partial charge in [-0.2, -0.15) is 0 Å². The van der Waals surface area contributed by atoms with Gasteiger partial charge in [-0.3, -0.25) is 4.90 Å². The first-order chi connectivity index (χ1) is 7.78. The summed E-state index contributed by atoms with van der Waals surface area (Å²) in [5.74, 6) is 0. The molecule has 1 aromatic rings. The second kappa shape index (κ2) is 3.86. The summed E-state index contributed by atoms with van der Waals surface area (Å²) in [4.78, 5) is 5.14. The molecule has 1 atom stereocenters. The van der Waals surface area contributed by atoms with Crippen LogP contribution in [0.3, 0.4) is 0 Å². The zero-order chi connectivity index (χ0) is 11.0. The Morgan fingerprint density at radius 1 is 1.12 bits per heavy atom. The monoisotopic (exact) mass is 216 g/mol. The van der Waals surface area contributed by atoms with E-state index in [9.17, 15) is 0 Å². The number of nitrogens with zero attached hydrogens (tertiary/aromatic N) is 2. The van der Waals surface area contributed by atoms with Crippen molar-refractivity contribution >= 4 is 0 Å². The Kier molecular flexibility index (Phi) is 2.49. The second-order valence-corrected chi connectivity index (χ2v) is 5.37. The normalized spacial score (nSPS) is 30.8. The van der Waals surface area contributed by atoms with E-state index in [4.69, 9.17) is 0 Å². The highest BCUT2D eigenvalue weighted by atomic mass is 15.3. The van der Waals surface area contributed by atoms with Crippen LogP contribution in [0, 0.1) is 0 Å². The van der Waals surface area contributed by atoms with Gasteiger partial charge in [0.05, 0.1) is 0 Å². The summed E-state index contributed by atoms with van der Waals surface area (Å²) < 4.78 is 0. The molecule has 1 spiro atoms. The molecule has 0 radical (unpaired) electrons. The summed E-state index contributed by atoms with van der Waals surface area (Å²) in [5, 5.41) is 0. The molecule has 2 nitrogen and oxygen atoms in total. The van der Waals surface area contributed by atoms with E-state index >= 15 is 0 Å². The highest BCUT2D eigenvalue weighted by Gasteiger charge is 2.47. The molecular formula is C14H20N2. The first-order valence-electron chi connectivity index (χ1n) is 6.26. The fourth-order valence-electron chi connectivity index (χ4n) is 3.16. The molecule has 2 aliphatic rings. The van der Waals surface area contributed by atoms with Crippen LogP contribution in [0.4, 0.5) is 0 Å². The number of likely N-dealkylation sites (N-methyl/N-ethyl adjacent to an activating group) is 1. The highest BCUT2D eigenvalue weighted by Crippen LogP contribution is 2.39. The molecule has 16 heavy (non-hydrogen) atoms. The Bertz CT molecular complexity index is 362. The Balaban J connectivity index is 1.69. The maximum absolute atomic E-state index is 2.67. The molecule has 1 unspecified atom stereocenters. The van der Waals surface area contributed by atoms with Crippen LogP contribution in [0.2, 0.25) is 0 Å². The zero-order valence-corrected chi connectivity index (χ0v) is 10.0. The summed E-state index contributed by atoms with van der Waals surface area (Å²) >= 11 is 0. The van der Waals surface area contributed by atoms with Crippen molar-refractivity contribution in [1.29, 1.82) is 0 Å². The Morgan fingerprint density at radius 2 is 1.88 bits per heavy atom. The lowest BCUT2D eigenvalue weighted by atomic mass is 9.83. The van der Waals surface area contributed by atoms with Crippen LogP contribution in [0.15, 0.2) is 30.3 Å². The molecule has 1 aromatic carbocycles. The van der Waals surface area contributed by atoms with Gasteiger partial charge in [0.1, 0.15) is 0 Å². The molecular weight excluding hydrogens is 196 g/mol. The highest BCUT2D eigenvalue weighted by molar-refractivity contribution is 5.17. The van der Waals surface area contributed by atoms with Crippen LogP contribution in [-0.2, 0) is 6.54 Å². The molecule has 0 aromatic heterocycles. The third-order valence-corrected chi connectivity index (χ3v) is 4.26. The maximum Gasteiger partial charge on any atom is 0.0364 e. The molecule has 2 heteroatoms. The summed E-state index contributed by atoms with van der Waals surface area (Å²) in [7, 11) is 2.24. The molecule has 0 saturated carbocycles. The van der Waals surface area contributed by atoms with Gasteiger partial charge < -0.3 is 4.90 Å². The molecule has 2 heterocycles. The van der Waals surface area contributed by atoms with Crippen molar-refractivity contribution in [3.8, 4) is 0 Å². The van der Waals surface area contributed by atoms with Gasteiger partial charge in [0.2, 0.25) is 0 Å². The van der Waals surface area contributed by atoms with Gasteiger partial charge in [0.15, 0.2) is 0 Å². The molecule has 3 rings (SSSR count). The zero-order valence-electron chi connectivity index (χ0n) is 10.0. The van der Waals surface area contributed by atoms with Crippen molar-refractivity contribution < 1.29 is 0 Å². The molecule has 2 aliphatic heterocycles. The maximum atomic E-state index is 2.67. The van der Waals surface area contributed by atoms with E-state index in [1.807, 2.05) is 0 Å². The quantitative estimate of drug-likeness (QED) is 0.745. The first-order valence-corrected chi connectivity index (χ1v) is 6.26. The van der Waals surface area contributed by atoms with Gasteiger partial charge in [0.25, 0.3) is 0 Å². The van der Waals surface area contributed by atoms with Gasteiger partial charge in [-0.15, -0.1) is 0 Å². The van der Waals surface area contributed by atoms with E-state index in [0.717, 1.165) is 6.54 Å². The van der Waals surface area contributed by atoms with Gasteiger partial charge in [0, 0.05) is 25.2 Å². The van der Waals surface area contributed by atoms with Crippen molar-refractivity contribution in [3.63, 3.8) is 0 Å². The lowest BCUT2D eigenvalue weighted by Crippen LogP contribution is -2.60. The summed E-state index contributed by atoms with van der Waals surface area (Å²) in [6.45, 7) is 4.95. The van der Waals surface area contributed by atoms with Crippen LogP contribution >= 0.6 is 0 Å². The summed E-state index contributed by atoms with van der Waals surface area (Å²) in [6.07, 6.45) is 2.75. The lowest BCUT2D eigenvalue weighted by molar-refractivity contribution is -0.0125. The molecule has 0 aliphatic carbocycles. The fraction of sp³-hybridized carbons (Fsp3) is 0.571. The van der Waals surface area contributed by atoms with E-state index in [1.165, 1.54) is 38.0 Å². The van der Waals surface area contributed by atoms with E-state index in [2.05, 4.69) is 47.2 Å². The SMILES string of the molecule is CN1CCC2(CCN2Cc2ccccc2)C1. The second-order valence-electron chi connectivity index (χ2n) is 5.37. The van der Waals surface area contributed by atoms with Crippen molar-refractivity contribution in [2.45, 2.75) is 24.9 Å². The molecule has 2 fully saturated rings. The Hall–Kier alpha value is -0.860. The summed E-state index contributed by atoms with van der Waals surface area (Å²) in [5.41, 5.74) is 1.97. The van der Waals surface area contributed by atoms with Crippen LogP contribution in [-0.4, -0.2) is 42.0 Å². The summed E-state index contributed by atoms with van der Waals surface area (Å²) in [6, 6.07) is 10.9. The van der Waals surface area contributed by atoms with Gasteiger partial charge >= 0.3 is 0 Å². The van der Waals surface area contributed by atoms with E-state index in [1.54, 1.807) is 0 Å². The predicted molar refractivity (Wildman–Crippen MR) is 66.3 cm³/mol. The average molecular weight is 216 g/mol. The van der Waals surface area contributed by atoms with E-state index in [-0.39, 0.29) is 0 Å². The molecule has 0 bridgehead atoms. The largest absolute Gasteiger partial charge is 0.304 e. The van der Waals surface area contributed by atoms with Crippen LogP contribution in [0.25, 0.3) is 0 Å². The Morgan fingerprint density at radius 3 is 2.44 bits per heavy atom. The minimum atomic E-state index is 0.518. The topological polar surface area (TPSA) is 6.48 Å². The number of likely N-dealkylation sites (tertiary alicyclic amines) is 2. The van der Waals surface area contributed by atoms with Crippen molar-refractivity contribution in [2.75, 3.05) is 26.7 Å². The smallest absolute Gasteiger partial charge is 0.0364 e. The predicted octanol–water partition coefficient (Wildman–Crippen LogP) is 1.97. The van der Waals surface area contributed by atoms with Crippen LogP contribution < -0.4 is 0 Å². The lowest BCUT2D eigenvalue weighted by Gasteiger charge is -2.51. The first kappa shape index (κ1) is 10.3. The van der Waals surface area contributed by atoms with Crippen molar-refractivity contribution in [3.05, 3.63) is 35.9 Å². The fourth-order valence-corrected chi connectivity index (χ4v) is 3.16. The van der Waals surface area contributed by atoms with Gasteiger partial charge in [-0.25, -0.2) is 0 Å².